The molecule has 2 aliphatic heterocycles. The third-order valence-electron chi connectivity index (χ3n) is 7.49. The highest BCUT2D eigenvalue weighted by molar-refractivity contribution is 6.39. The van der Waals surface area contributed by atoms with E-state index in [0.29, 0.717) is 10.9 Å². The largest absolute Gasteiger partial charge is 0.387 e. The fourth-order valence-electron chi connectivity index (χ4n) is 5.86. The molecule has 0 bridgehead atoms. The summed E-state index contributed by atoms with van der Waals surface area (Å²) in [5.41, 5.74) is 0.969. The van der Waals surface area contributed by atoms with Gasteiger partial charge in [0.05, 0.1) is 27.7 Å². The molecule has 1 saturated heterocycles. The van der Waals surface area contributed by atoms with Crippen LogP contribution in [0.2, 0.25) is 0 Å². The second kappa shape index (κ2) is 7.77. The third kappa shape index (κ3) is 2.85. The zero-order valence-electron chi connectivity index (χ0n) is 19.2. The first-order valence-electron chi connectivity index (χ1n) is 11.7. The number of aliphatic hydroxyl groups is 3. The molecule has 3 aromatic carbocycles. The molecule has 5 N–H and O–H groups in total. The Labute approximate surface area is 210 Å². The molecule has 0 spiro atoms. The molecule has 7 rings (SSSR count). The van der Waals surface area contributed by atoms with Gasteiger partial charge in [0.15, 0.2) is 6.23 Å². The Morgan fingerprint density at radius 1 is 0.868 bits per heavy atom. The summed E-state index contributed by atoms with van der Waals surface area (Å²) in [7, 11) is 0. The predicted octanol–water partition coefficient (Wildman–Crippen LogP) is 2.54. The van der Waals surface area contributed by atoms with Crippen molar-refractivity contribution in [3.8, 4) is 0 Å². The van der Waals surface area contributed by atoms with Gasteiger partial charge in [-0.3, -0.25) is 14.9 Å². The zero-order chi connectivity index (χ0) is 26.6. The molecule has 4 heterocycles. The van der Waals surface area contributed by atoms with Crippen molar-refractivity contribution in [3.05, 3.63) is 59.2 Å². The van der Waals surface area contributed by atoms with Gasteiger partial charge in [0.1, 0.15) is 42.7 Å². The van der Waals surface area contributed by atoms with Crippen LogP contribution in [0.3, 0.4) is 0 Å². The number of nitrogens with zero attached hydrogens (tertiary/aromatic N) is 1. The van der Waals surface area contributed by atoms with Gasteiger partial charge in [-0.2, -0.15) is 0 Å². The second-order valence-corrected chi connectivity index (χ2v) is 9.54. The molecule has 0 radical (unpaired) electrons. The summed E-state index contributed by atoms with van der Waals surface area (Å²) in [4.78, 5) is 29.2. The van der Waals surface area contributed by atoms with Crippen molar-refractivity contribution >= 4 is 55.4 Å². The molecule has 2 amide bonds. The Balaban J connectivity index is 1.72. The number of fused-ring (bicyclic) bond motifs is 10. The van der Waals surface area contributed by atoms with E-state index >= 15 is 0 Å². The van der Waals surface area contributed by atoms with Crippen molar-refractivity contribution in [2.24, 2.45) is 0 Å². The molecule has 0 unspecified atom stereocenters. The first kappa shape index (κ1) is 23.2. The number of carbonyl (C=O) groups excluding carboxylic acids is 2. The fraction of sp³-hybridized carbons (Fsp3) is 0.231. The SMILES string of the molecule is O=C1NC(=O)c2c1c1c3cc(F)ccc3[nH]c1c1c2c2cc(F)ccc2n1[C@@H]1O[C@H](CF)[C@@H](O)[C@H](O)[C@H]1O. The first-order chi connectivity index (χ1) is 18.2. The summed E-state index contributed by atoms with van der Waals surface area (Å²) in [5.74, 6) is -2.72. The normalized spacial score (nSPS) is 25.7. The number of hydrogen-bond acceptors (Lipinski definition) is 6. The average molecular weight is 525 g/mol. The number of ether oxygens (including phenoxy) is 1. The van der Waals surface area contributed by atoms with E-state index in [-0.39, 0.29) is 43.8 Å². The Kier molecular flexibility index (Phi) is 4.74. The lowest BCUT2D eigenvalue weighted by Gasteiger charge is -2.40. The Hall–Kier alpha value is -3.97. The summed E-state index contributed by atoms with van der Waals surface area (Å²) in [5, 5.41) is 34.8. The predicted molar refractivity (Wildman–Crippen MR) is 128 cm³/mol. The summed E-state index contributed by atoms with van der Waals surface area (Å²) in [6.45, 7) is -1.18. The molecular weight excluding hydrogens is 507 g/mol. The van der Waals surface area contributed by atoms with Crippen molar-refractivity contribution < 1.29 is 42.8 Å². The molecule has 2 aliphatic rings. The first-order valence-corrected chi connectivity index (χ1v) is 11.7. The molecule has 0 aliphatic carbocycles. The maximum absolute atomic E-state index is 14.5. The van der Waals surface area contributed by atoms with E-state index in [9.17, 15) is 38.1 Å². The van der Waals surface area contributed by atoms with Crippen molar-refractivity contribution in [2.45, 2.75) is 30.6 Å². The maximum atomic E-state index is 14.5. The van der Waals surface area contributed by atoms with E-state index < -0.39 is 60.8 Å². The molecule has 1 fully saturated rings. The van der Waals surface area contributed by atoms with Crippen LogP contribution in [-0.4, -0.2) is 67.8 Å². The quantitative estimate of drug-likeness (QED) is 0.225. The van der Waals surface area contributed by atoms with Crippen LogP contribution in [0.25, 0.3) is 43.6 Å². The van der Waals surface area contributed by atoms with Gasteiger partial charge in [-0.05, 0) is 36.4 Å². The van der Waals surface area contributed by atoms with Gasteiger partial charge < -0.3 is 29.6 Å². The number of rotatable bonds is 2. The minimum Gasteiger partial charge on any atom is -0.387 e. The number of imide groups is 1. The van der Waals surface area contributed by atoms with Crippen LogP contribution in [-0.2, 0) is 4.74 Å². The molecule has 5 aromatic rings. The number of benzene rings is 3. The average Bonchev–Trinajstić information content (AvgIpc) is 3.51. The number of nitrogens with one attached hydrogen (secondary N) is 2. The molecule has 5 atom stereocenters. The summed E-state index contributed by atoms with van der Waals surface area (Å²) >= 11 is 0. The van der Waals surface area contributed by atoms with Gasteiger partial charge in [-0.1, -0.05) is 0 Å². The monoisotopic (exact) mass is 525 g/mol. The number of halogens is 3. The van der Waals surface area contributed by atoms with Crippen LogP contribution in [0.1, 0.15) is 26.9 Å². The van der Waals surface area contributed by atoms with Crippen LogP contribution < -0.4 is 5.32 Å². The standard InChI is InChI=1S/C26H18F3N3O6/c27-7-14-21(33)22(34)23(35)26(38-14)32-13-4-2-9(29)6-11(13)16-18-17(24(36)31-25(18)37)15-10-5-8(28)1-3-12(10)30-19(15)20(16)32/h1-6,14,21-23,26,30,33-35H,7H2,(H,31,36,37)/t14-,21-,22+,23-,26-/m1/s1. The molecule has 2 aromatic heterocycles. The van der Waals surface area contributed by atoms with Crippen molar-refractivity contribution in [2.75, 3.05) is 6.67 Å². The van der Waals surface area contributed by atoms with Crippen molar-refractivity contribution in [3.63, 3.8) is 0 Å². The number of carbonyl (C=O) groups is 2. The van der Waals surface area contributed by atoms with Gasteiger partial charge in [-0.25, -0.2) is 13.2 Å². The fourth-order valence-corrected chi connectivity index (χ4v) is 5.86. The molecule has 12 heteroatoms. The van der Waals surface area contributed by atoms with Gasteiger partial charge in [0, 0.05) is 27.1 Å². The lowest BCUT2D eigenvalue weighted by molar-refractivity contribution is -0.245. The number of hydrogen-bond donors (Lipinski definition) is 5. The minimum absolute atomic E-state index is 0.0279. The second-order valence-electron chi connectivity index (χ2n) is 9.54. The number of H-pyrrole nitrogens is 1. The van der Waals surface area contributed by atoms with E-state index in [0.717, 1.165) is 12.1 Å². The summed E-state index contributed by atoms with van der Waals surface area (Å²) < 4.78 is 49.7. The topological polar surface area (TPSA) is 137 Å². The van der Waals surface area contributed by atoms with Gasteiger partial charge in [-0.15, -0.1) is 0 Å². The van der Waals surface area contributed by atoms with Crippen LogP contribution in [0, 0.1) is 11.6 Å². The third-order valence-corrected chi connectivity index (χ3v) is 7.49. The van der Waals surface area contributed by atoms with Crippen LogP contribution >= 0.6 is 0 Å². The zero-order valence-corrected chi connectivity index (χ0v) is 19.2. The highest BCUT2D eigenvalue weighted by Gasteiger charge is 2.46. The Morgan fingerprint density at radius 2 is 1.53 bits per heavy atom. The molecule has 0 saturated carbocycles. The number of amides is 2. The molecule has 38 heavy (non-hydrogen) atoms. The Morgan fingerprint density at radius 3 is 2.24 bits per heavy atom. The number of aliphatic hydroxyl groups excluding tert-OH is 3. The smallest absolute Gasteiger partial charge is 0.259 e. The van der Waals surface area contributed by atoms with Crippen molar-refractivity contribution in [1.29, 1.82) is 0 Å². The lowest BCUT2D eigenvalue weighted by atomic mass is 9.96. The van der Waals surface area contributed by atoms with E-state index in [4.69, 9.17) is 4.74 Å². The number of aromatic nitrogens is 2. The van der Waals surface area contributed by atoms with E-state index in [1.807, 2.05) is 0 Å². The highest BCUT2D eigenvalue weighted by Crippen LogP contribution is 2.46. The minimum atomic E-state index is -1.80. The van der Waals surface area contributed by atoms with Crippen LogP contribution in [0.15, 0.2) is 36.4 Å². The van der Waals surface area contributed by atoms with Gasteiger partial charge >= 0.3 is 0 Å². The van der Waals surface area contributed by atoms with E-state index in [1.54, 1.807) is 0 Å². The maximum Gasteiger partial charge on any atom is 0.259 e. The number of aromatic amines is 1. The summed E-state index contributed by atoms with van der Waals surface area (Å²) in [6, 6.07) is 7.50. The Bertz CT molecular complexity index is 1860. The molecule has 194 valence electrons. The highest BCUT2D eigenvalue weighted by atomic mass is 19.1. The van der Waals surface area contributed by atoms with E-state index in [2.05, 4.69) is 10.3 Å². The van der Waals surface area contributed by atoms with Crippen molar-refractivity contribution in [1.82, 2.24) is 14.9 Å². The van der Waals surface area contributed by atoms with E-state index in [1.165, 1.54) is 28.8 Å². The van der Waals surface area contributed by atoms with Gasteiger partial charge in [0.2, 0.25) is 0 Å². The molecule has 9 nitrogen and oxygen atoms in total. The summed E-state index contributed by atoms with van der Waals surface area (Å²) in [6.07, 6.45) is -8.28. The van der Waals surface area contributed by atoms with Crippen LogP contribution in [0.5, 0.6) is 0 Å². The lowest BCUT2D eigenvalue weighted by Crippen LogP contribution is -2.56. The van der Waals surface area contributed by atoms with Gasteiger partial charge in [0.25, 0.3) is 11.8 Å². The number of alkyl halides is 1. The molecular formula is C26H18F3N3O6. The van der Waals surface area contributed by atoms with Crippen LogP contribution in [0.4, 0.5) is 13.2 Å².